The van der Waals surface area contributed by atoms with E-state index in [1.807, 2.05) is 50.2 Å². The van der Waals surface area contributed by atoms with Gasteiger partial charge in [-0.05, 0) is 51.0 Å². The highest BCUT2D eigenvalue weighted by atomic mass is 16.5. The minimum absolute atomic E-state index is 0.215. The molecule has 0 atom stereocenters. The van der Waals surface area contributed by atoms with Crippen LogP contribution in [0.1, 0.15) is 36.7 Å². The van der Waals surface area contributed by atoms with Crippen molar-refractivity contribution in [3.05, 3.63) is 51.6 Å². The predicted octanol–water partition coefficient (Wildman–Crippen LogP) is 4.41. The number of aromatic nitrogens is 4. The molecule has 3 rings (SSSR count). The number of anilines is 1. The van der Waals surface area contributed by atoms with Crippen LogP contribution in [0.3, 0.4) is 0 Å². The Bertz CT molecular complexity index is 1130. The maximum atomic E-state index is 13.0. The van der Waals surface area contributed by atoms with Gasteiger partial charge in [0.15, 0.2) is 5.69 Å². The van der Waals surface area contributed by atoms with Crippen molar-refractivity contribution < 1.29 is 4.74 Å². The molecule has 3 aromatic rings. The average Bonchev–Trinajstić information content (AvgIpc) is 3.04. The van der Waals surface area contributed by atoms with Gasteiger partial charge in [-0.15, -0.1) is 5.11 Å². The summed E-state index contributed by atoms with van der Waals surface area (Å²) in [6.07, 6.45) is 2.91. The average molecular weight is 424 g/mol. The summed E-state index contributed by atoms with van der Waals surface area (Å²) in [5.74, 6) is 0.707. The zero-order valence-corrected chi connectivity index (χ0v) is 18.9. The Morgan fingerprint density at radius 2 is 1.84 bits per heavy atom. The van der Waals surface area contributed by atoms with E-state index in [-0.39, 0.29) is 17.2 Å². The molecule has 2 aromatic heterocycles. The number of nitrogens with zero attached hydrogens (tertiary/aromatic N) is 6. The lowest BCUT2D eigenvalue weighted by Gasteiger charge is -2.11. The van der Waals surface area contributed by atoms with E-state index in [0.29, 0.717) is 17.3 Å². The summed E-state index contributed by atoms with van der Waals surface area (Å²) in [5, 5.41) is 11.4. The van der Waals surface area contributed by atoms with E-state index in [2.05, 4.69) is 32.2 Å². The minimum Gasteiger partial charge on any atom is -0.481 e. The normalized spacial score (nSPS) is 11.3. The second-order valence-electron chi connectivity index (χ2n) is 7.54. The number of unbranched alkanes of at least 4 members (excludes halogenated alkanes) is 1. The van der Waals surface area contributed by atoms with Crippen molar-refractivity contribution in [2.45, 2.75) is 40.0 Å². The summed E-state index contributed by atoms with van der Waals surface area (Å²) < 4.78 is 6.74. The third kappa shape index (κ3) is 4.82. The number of aromatic amines is 1. The number of rotatable bonds is 8. The van der Waals surface area contributed by atoms with Crippen molar-refractivity contribution in [1.29, 1.82) is 0 Å². The number of nitrogens with one attached hydrogen (secondary N) is 1. The van der Waals surface area contributed by atoms with Gasteiger partial charge in [0, 0.05) is 31.0 Å². The summed E-state index contributed by atoms with van der Waals surface area (Å²) in [6, 6.07) is 7.59. The Hall–Kier alpha value is -3.49. The molecule has 9 heteroatoms. The maximum absolute atomic E-state index is 13.0. The first-order valence-electron chi connectivity index (χ1n) is 10.3. The second-order valence-corrected chi connectivity index (χ2v) is 7.54. The van der Waals surface area contributed by atoms with Crippen molar-refractivity contribution >= 4 is 17.1 Å². The topological polar surface area (TPSA) is 101 Å². The van der Waals surface area contributed by atoms with E-state index in [0.717, 1.165) is 36.2 Å². The van der Waals surface area contributed by atoms with Gasteiger partial charge in [0.1, 0.15) is 0 Å². The smallest absolute Gasteiger partial charge is 0.301 e. The molecule has 0 unspecified atom stereocenters. The van der Waals surface area contributed by atoms with Crippen LogP contribution >= 0.6 is 0 Å². The molecule has 1 N–H and O–H groups in total. The van der Waals surface area contributed by atoms with Gasteiger partial charge in [0.25, 0.3) is 5.95 Å². The van der Waals surface area contributed by atoms with Gasteiger partial charge < -0.3 is 9.64 Å². The fourth-order valence-corrected chi connectivity index (χ4v) is 3.19. The third-order valence-electron chi connectivity index (χ3n) is 5.01. The lowest BCUT2D eigenvalue weighted by molar-refractivity contribution is 0.388. The molecule has 0 fully saturated rings. The third-order valence-corrected chi connectivity index (χ3v) is 5.01. The number of benzene rings is 1. The lowest BCUT2D eigenvalue weighted by Crippen LogP contribution is -2.18. The number of H-pyrrole nitrogens is 1. The summed E-state index contributed by atoms with van der Waals surface area (Å²) in [5.41, 5.74) is 3.90. The molecule has 0 spiro atoms. The first-order valence-corrected chi connectivity index (χ1v) is 10.3. The number of azo groups is 1. The van der Waals surface area contributed by atoms with E-state index >= 15 is 0 Å². The molecule has 0 bridgehead atoms. The Morgan fingerprint density at radius 3 is 2.45 bits per heavy atom. The van der Waals surface area contributed by atoms with Crippen molar-refractivity contribution in [2.75, 3.05) is 26.1 Å². The van der Waals surface area contributed by atoms with Crippen LogP contribution in [0.5, 0.6) is 5.88 Å². The van der Waals surface area contributed by atoms with Crippen LogP contribution in [0.2, 0.25) is 0 Å². The highest BCUT2D eigenvalue weighted by Crippen LogP contribution is 2.24. The molecule has 0 radical (unpaired) electrons. The van der Waals surface area contributed by atoms with Crippen LogP contribution < -0.4 is 15.2 Å². The van der Waals surface area contributed by atoms with Gasteiger partial charge in [-0.3, -0.25) is 9.89 Å². The highest BCUT2D eigenvalue weighted by molar-refractivity contribution is 5.52. The molecule has 1 aromatic carbocycles. The van der Waals surface area contributed by atoms with E-state index in [9.17, 15) is 4.79 Å². The maximum Gasteiger partial charge on any atom is 0.301 e. The van der Waals surface area contributed by atoms with E-state index in [4.69, 9.17) is 4.74 Å². The number of ether oxygens (including phenoxy) is 1. The molecular formula is C22H29N7O2. The van der Waals surface area contributed by atoms with Crippen LogP contribution in [0.15, 0.2) is 39.3 Å². The van der Waals surface area contributed by atoms with Crippen molar-refractivity contribution in [1.82, 2.24) is 19.7 Å². The standard InChI is InChI=1S/C22H29N7O2/c1-7-8-9-18-14(2)23-22(24-20(18)31-6)29-21(30)19(15(3)27-29)26-25-16-10-12-17(13-11-16)28(4)5/h10-13,27H,7-9H2,1-6H3. The molecular weight excluding hydrogens is 394 g/mol. The van der Waals surface area contributed by atoms with Crippen LogP contribution in [-0.2, 0) is 6.42 Å². The molecule has 31 heavy (non-hydrogen) atoms. The molecule has 0 saturated heterocycles. The highest BCUT2D eigenvalue weighted by Gasteiger charge is 2.18. The lowest BCUT2D eigenvalue weighted by atomic mass is 10.1. The Morgan fingerprint density at radius 1 is 1.13 bits per heavy atom. The monoisotopic (exact) mass is 423 g/mol. The van der Waals surface area contributed by atoms with Crippen LogP contribution in [0, 0.1) is 13.8 Å². The second kappa shape index (κ2) is 9.55. The predicted molar refractivity (Wildman–Crippen MR) is 122 cm³/mol. The Labute approximate surface area is 181 Å². The Balaban J connectivity index is 1.94. The van der Waals surface area contributed by atoms with Crippen molar-refractivity contribution in [2.24, 2.45) is 10.2 Å². The number of hydrogen-bond donors (Lipinski definition) is 1. The summed E-state index contributed by atoms with van der Waals surface area (Å²) >= 11 is 0. The SMILES string of the molecule is CCCCc1c(C)nc(-n2[nH]c(C)c(N=Nc3ccc(N(C)C)cc3)c2=O)nc1OC. The molecule has 0 saturated carbocycles. The largest absolute Gasteiger partial charge is 0.481 e. The minimum atomic E-state index is -0.367. The molecule has 0 aliphatic carbocycles. The quantitative estimate of drug-likeness (QED) is 0.541. The first-order chi connectivity index (χ1) is 14.8. The summed E-state index contributed by atoms with van der Waals surface area (Å²) in [6.45, 7) is 5.80. The van der Waals surface area contributed by atoms with Crippen LogP contribution in [0.4, 0.5) is 17.1 Å². The molecule has 0 aliphatic rings. The van der Waals surface area contributed by atoms with E-state index in [1.54, 1.807) is 14.0 Å². The van der Waals surface area contributed by atoms with Gasteiger partial charge >= 0.3 is 5.56 Å². The van der Waals surface area contributed by atoms with Gasteiger partial charge in [-0.1, -0.05) is 13.3 Å². The van der Waals surface area contributed by atoms with Gasteiger partial charge in [-0.2, -0.15) is 14.8 Å². The Kier molecular flexibility index (Phi) is 6.84. The molecule has 9 nitrogen and oxygen atoms in total. The van der Waals surface area contributed by atoms with Crippen LogP contribution in [-0.4, -0.2) is 41.0 Å². The summed E-state index contributed by atoms with van der Waals surface area (Å²) in [7, 11) is 5.51. The van der Waals surface area contributed by atoms with Gasteiger partial charge in [0.05, 0.1) is 18.5 Å². The zero-order valence-electron chi connectivity index (χ0n) is 18.9. The molecule has 0 aliphatic heterocycles. The van der Waals surface area contributed by atoms with Crippen LogP contribution in [0.25, 0.3) is 5.95 Å². The van der Waals surface area contributed by atoms with Crippen molar-refractivity contribution in [3.63, 3.8) is 0 Å². The summed E-state index contributed by atoms with van der Waals surface area (Å²) in [4.78, 5) is 24.0. The molecule has 164 valence electrons. The zero-order chi connectivity index (χ0) is 22.5. The fraction of sp³-hybridized carbons (Fsp3) is 0.409. The number of methoxy groups -OCH3 is 1. The van der Waals surface area contributed by atoms with E-state index in [1.165, 1.54) is 4.68 Å². The number of aryl methyl sites for hydroxylation is 2. The first kappa shape index (κ1) is 22.2. The van der Waals surface area contributed by atoms with Gasteiger partial charge in [-0.25, -0.2) is 4.98 Å². The molecule has 2 heterocycles. The van der Waals surface area contributed by atoms with Crippen molar-refractivity contribution in [3.8, 4) is 11.8 Å². The number of hydrogen-bond acceptors (Lipinski definition) is 7. The molecule has 0 amide bonds. The fourth-order valence-electron chi connectivity index (χ4n) is 3.19. The van der Waals surface area contributed by atoms with E-state index < -0.39 is 0 Å². The van der Waals surface area contributed by atoms with Gasteiger partial charge in [0.2, 0.25) is 5.88 Å².